The lowest BCUT2D eigenvalue weighted by atomic mass is 9.78. The molecule has 0 amide bonds. The highest BCUT2D eigenvalue weighted by Crippen LogP contribution is 2.37. The smallest absolute Gasteiger partial charge is 0.269 e. The van der Waals surface area contributed by atoms with Crippen molar-refractivity contribution < 1.29 is 19.2 Å². The van der Waals surface area contributed by atoms with Crippen molar-refractivity contribution in [1.29, 1.82) is 0 Å². The maximum atomic E-state index is 12.9. The second-order valence-corrected chi connectivity index (χ2v) is 7.21. The van der Waals surface area contributed by atoms with Crippen molar-refractivity contribution in [3.8, 4) is 0 Å². The second-order valence-electron chi connectivity index (χ2n) is 7.21. The zero-order valence-electron chi connectivity index (χ0n) is 15.3. The Morgan fingerprint density at radius 1 is 1.07 bits per heavy atom. The van der Waals surface area contributed by atoms with E-state index in [-0.39, 0.29) is 29.6 Å². The first kappa shape index (κ1) is 18.4. The molecule has 3 unspecified atom stereocenters. The van der Waals surface area contributed by atoms with E-state index in [1.165, 1.54) is 12.1 Å². The van der Waals surface area contributed by atoms with Gasteiger partial charge in [-0.2, -0.15) is 0 Å². The van der Waals surface area contributed by atoms with Crippen LogP contribution in [0.25, 0.3) is 5.57 Å². The fourth-order valence-electron chi connectivity index (χ4n) is 3.86. The molecule has 6 heteroatoms. The third-order valence-electron chi connectivity index (χ3n) is 5.42. The highest BCUT2D eigenvalue weighted by Gasteiger charge is 2.40. The van der Waals surface area contributed by atoms with E-state index in [0.29, 0.717) is 18.6 Å². The van der Waals surface area contributed by atoms with Crippen molar-refractivity contribution in [3.05, 3.63) is 82.1 Å². The molecule has 1 aliphatic heterocycles. The number of allylic oxidation sites excluding steroid dienone is 1. The first-order valence-corrected chi connectivity index (χ1v) is 9.42. The molecule has 0 radical (unpaired) electrons. The maximum absolute atomic E-state index is 12.9. The number of ether oxygens (including phenoxy) is 2. The van der Waals surface area contributed by atoms with Crippen LogP contribution in [-0.2, 0) is 20.9 Å². The normalized spacial score (nSPS) is 24.1. The Kier molecular flexibility index (Phi) is 5.21. The number of carbonyl (C=O) groups excluding carboxylic acids is 1. The van der Waals surface area contributed by atoms with Crippen LogP contribution in [0.5, 0.6) is 0 Å². The van der Waals surface area contributed by atoms with Crippen molar-refractivity contribution in [2.75, 3.05) is 0 Å². The van der Waals surface area contributed by atoms with E-state index in [2.05, 4.69) is 0 Å². The molecule has 1 heterocycles. The Morgan fingerprint density at radius 2 is 1.82 bits per heavy atom. The van der Waals surface area contributed by atoms with Gasteiger partial charge in [-0.05, 0) is 36.1 Å². The number of ketones is 1. The van der Waals surface area contributed by atoms with Gasteiger partial charge in [-0.1, -0.05) is 30.3 Å². The molecular formula is C22H21NO5. The van der Waals surface area contributed by atoms with Crippen molar-refractivity contribution in [3.63, 3.8) is 0 Å². The van der Waals surface area contributed by atoms with Gasteiger partial charge in [0.25, 0.3) is 5.69 Å². The SMILES string of the molecule is O=C1C(c2ccccc2)=COC2CC(OCc3ccc([N+](=O)[O-])cc3)CCC12. The standard InChI is InChI=1S/C22H21NO5/c24-22-19-11-10-18(27-13-15-6-8-17(9-7-15)23(25)26)12-21(19)28-14-20(22)16-4-2-1-3-5-16/h1-9,14,18-19,21H,10-13H2. The van der Waals surface area contributed by atoms with E-state index < -0.39 is 4.92 Å². The van der Waals surface area contributed by atoms with Gasteiger partial charge in [0.1, 0.15) is 6.10 Å². The molecule has 0 saturated heterocycles. The number of hydrogen-bond acceptors (Lipinski definition) is 5. The van der Waals surface area contributed by atoms with Gasteiger partial charge in [0, 0.05) is 18.6 Å². The van der Waals surface area contributed by atoms with Crippen molar-refractivity contribution in [1.82, 2.24) is 0 Å². The number of fused-ring (bicyclic) bond motifs is 1. The number of hydrogen-bond donors (Lipinski definition) is 0. The van der Waals surface area contributed by atoms with E-state index in [9.17, 15) is 14.9 Å². The summed E-state index contributed by atoms with van der Waals surface area (Å²) in [6, 6.07) is 16.0. The monoisotopic (exact) mass is 379 g/mol. The van der Waals surface area contributed by atoms with Gasteiger partial charge >= 0.3 is 0 Å². The molecular weight excluding hydrogens is 358 g/mol. The minimum Gasteiger partial charge on any atom is -0.496 e. The summed E-state index contributed by atoms with van der Waals surface area (Å²) in [5.41, 5.74) is 2.49. The predicted octanol–water partition coefficient (Wildman–Crippen LogP) is 4.29. The van der Waals surface area contributed by atoms with Crippen LogP contribution in [0.15, 0.2) is 60.9 Å². The molecule has 2 aromatic carbocycles. The number of Topliss-reactive ketones (excluding diaryl/α,β-unsaturated/α-hetero) is 1. The Bertz CT molecular complexity index is 891. The molecule has 3 atom stereocenters. The summed E-state index contributed by atoms with van der Waals surface area (Å²) in [6.45, 7) is 0.388. The van der Waals surface area contributed by atoms with E-state index in [0.717, 1.165) is 24.0 Å². The Morgan fingerprint density at radius 3 is 2.54 bits per heavy atom. The number of nitro benzene ring substituents is 1. The topological polar surface area (TPSA) is 78.7 Å². The molecule has 1 aliphatic carbocycles. The van der Waals surface area contributed by atoms with Gasteiger partial charge in [0.2, 0.25) is 0 Å². The second kappa shape index (κ2) is 7.94. The van der Waals surface area contributed by atoms with Crippen LogP contribution in [0.2, 0.25) is 0 Å². The number of nitro groups is 1. The van der Waals surface area contributed by atoms with Crippen molar-refractivity contribution >= 4 is 17.0 Å². The highest BCUT2D eigenvalue weighted by molar-refractivity contribution is 6.22. The van der Waals surface area contributed by atoms with Gasteiger partial charge in [-0.3, -0.25) is 14.9 Å². The van der Waals surface area contributed by atoms with E-state index in [1.54, 1.807) is 18.4 Å². The van der Waals surface area contributed by atoms with E-state index >= 15 is 0 Å². The average molecular weight is 379 g/mol. The predicted molar refractivity (Wildman–Crippen MR) is 103 cm³/mol. The summed E-state index contributed by atoms with van der Waals surface area (Å²) < 4.78 is 11.9. The third kappa shape index (κ3) is 3.82. The summed E-state index contributed by atoms with van der Waals surface area (Å²) in [5.74, 6) is 0.0238. The quantitative estimate of drug-likeness (QED) is 0.572. The fraction of sp³-hybridized carbons (Fsp3) is 0.318. The minimum absolute atomic E-state index is 0.0101. The lowest BCUT2D eigenvalue weighted by Gasteiger charge is -2.37. The summed E-state index contributed by atoms with van der Waals surface area (Å²) in [6.07, 6.45) is 3.65. The number of carbonyl (C=O) groups is 1. The Labute approximate surface area is 162 Å². The van der Waals surface area contributed by atoms with Crippen LogP contribution in [0.1, 0.15) is 30.4 Å². The lowest BCUT2D eigenvalue weighted by molar-refractivity contribution is -0.384. The lowest BCUT2D eigenvalue weighted by Crippen LogP contribution is -2.41. The Balaban J connectivity index is 1.36. The summed E-state index contributed by atoms with van der Waals surface area (Å²) in [4.78, 5) is 23.2. The van der Waals surface area contributed by atoms with Crippen LogP contribution in [0.4, 0.5) is 5.69 Å². The highest BCUT2D eigenvalue weighted by atomic mass is 16.6. The molecule has 4 rings (SSSR count). The van der Waals surface area contributed by atoms with Crippen LogP contribution < -0.4 is 0 Å². The molecule has 1 saturated carbocycles. The largest absolute Gasteiger partial charge is 0.496 e. The van der Waals surface area contributed by atoms with Crippen LogP contribution in [0.3, 0.4) is 0 Å². The average Bonchev–Trinajstić information content (AvgIpc) is 2.73. The number of nitrogens with zero attached hydrogens (tertiary/aromatic N) is 1. The molecule has 2 aliphatic rings. The first-order valence-electron chi connectivity index (χ1n) is 9.42. The van der Waals surface area contributed by atoms with Crippen molar-refractivity contribution in [2.45, 2.75) is 38.1 Å². The molecule has 0 bridgehead atoms. The Hall–Kier alpha value is -2.99. The molecule has 0 N–H and O–H groups in total. The minimum atomic E-state index is -0.416. The number of non-ortho nitro benzene ring substituents is 1. The number of benzene rings is 2. The summed E-state index contributed by atoms with van der Waals surface area (Å²) in [7, 11) is 0. The van der Waals surface area contributed by atoms with Crippen LogP contribution >= 0.6 is 0 Å². The molecule has 144 valence electrons. The van der Waals surface area contributed by atoms with Gasteiger partial charge in [0.05, 0.1) is 35.4 Å². The van der Waals surface area contributed by atoms with E-state index in [1.807, 2.05) is 30.3 Å². The third-order valence-corrected chi connectivity index (χ3v) is 5.42. The van der Waals surface area contributed by atoms with E-state index in [4.69, 9.17) is 9.47 Å². The van der Waals surface area contributed by atoms with Gasteiger partial charge in [0.15, 0.2) is 5.78 Å². The van der Waals surface area contributed by atoms with Gasteiger partial charge < -0.3 is 9.47 Å². The molecule has 0 spiro atoms. The molecule has 6 nitrogen and oxygen atoms in total. The molecule has 2 aromatic rings. The van der Waals surface area contributed by atoms with Crippen LogP contribution in [-0.4, -0.2) is 22.9 Å². The number of rotatable bonds is 5. The fourth-order valence-corrected chi connectivity index (χ4v) is 3.86. The summed E-state index contributed by atoms with van der Waals surface area (Å²) in [5, 5.41) is 10.7. The maximum Gasteiger partial charge on any atom is 0.269 e. The zero-order valence-corrected chi connectivity index (χ0v) is 15.3. The summed E-state index contributed by atoms with van der Waals surface area (Å²) >= 11 is 0. The molecule has 0 aromatic heterocycles. The van der Waals surface area contributed by atoms with Gasteiger partial charge in [-0.25, -0.2) is 0 Å². The zero-order chi connectivity index (χ0) is 19.5. The first-order chi connectivity index (χ1) is 13.6. The van der Waals surface area contributed by atoms with Crippen LogP contribution in [0, 0.1) is 16.0 Å². The molecule has 28 heavy (non-hydrogen) atoms. The molecule has 1 fully saturated rings. The van der Waals surface area contributed by atoms with Gasteiger partial charge in [-0.15, -0.1) is 0 Å². The van der Waals surface area contributed by atoms with Crippen molar-refractivity contribution in [2.24, 2.45) is 5.92 Å².